The Kier molecular flexibility index (Phi) is 3.55. The number of phenolic OH excluding ortho intramolecular Hbond substituents is 1. The van der Waals surface area contributed by atoms with E-state index in [4.69, 9.17) is 10.9 Å². The molecule has 0 bridgehead atoms. The number of phenols is 1. The highest BCUT2D eigenvalue weighted by atomic mass is 19.1. The summed E-state index contributed by atoms with van der Waals surface area (Å²) in [6.45, 7) is 0. The van der Waals surface area contributed by atoms with Crippen LogP contribution in [0.4, 0.5) is 4.39 Å². The molecular formula is C12H14FN3O3. The van der Waals surface area contributed by atoms with Gasteiger partial charge in [0.15, 0.2) is 5.84 Å². The van der Waals surface area contributed by atoms with Crippen molar-refractivity contribution in [3.63, 3.8) is 0 Å². The second kappa shape index (κ2) is 5.13. The molecule has 0 radical (unpaired) electrons. The first-order valence-corrected chi connectivity index (χ1v) is 5.79. The molecule has 5 N–H and O–H groups in total. The van der Waals surface area contributed by atoms with Gasteiger partial charge in [0.1, 0.15) is 11.6 Å². The smallest absolute Gasteiger partial charge is 0.255 e. The van der Waals surface area contributed by atoms with Gasteiger partial charge in [0.2, 0.25) is 0 Å². The molecule has 0 aliphatic heterocycles. The van der Waals surface area contributed by atoms with Gasteiger partial charge >= 0.3 is 0 Å². The molecule has 6 nitrogen and oxygen atoms in total. The van der Waals surface area contributed by atoms with Gasteiger partial charge in [-0.1, -0.05) is 5.16 Å². The minimum atomic E-state index is -0.666. The van der Waals surface area contributed by atoms with E-state index in [-0.39, 0.29) is 23.1 Å². The molecule has 1 fully saturated rings. The van der Waals surface area contributed by atoms with Crippen molar-refractivity contribution in [1.29, 1.82) is 0 Å². The topological polar surface area (TPSA) is 108 Å². The first-order valence-electron chi connectivity index (χ1n) is 5.79. The molecule has 2 rings (SSSR count). The van der Waals surface area contributed by atoms with Crippen LogP contribution in [0, 0.1) is 11.7 Å². The minimum absolute atomic E-state index is 0.105. The number of oxime groups is 1. The fourth-order valence-electron chi connectivity index (χ4n) is 1.83. The zero-order chi connectivity index (χ0) is 14.0. The van der Waals surface area contributed by atoms with Crippen LogP contribution in [0.1, 0.15) is 23.2 Å². The van der Waals surface area contributed by atoms with Crippen molar-refractivity contribution in [2.24, 2.45) is 16.8 Å². The van der Waals surface area contributed by atoms with Crippen molar-refractivity contribution in [3.05, 3.63) is 29.6 Å². The fraction of sp³-hybridized carbons (Fsp3) is 0.333. The van der Waals surface area contributed by atoms with Gasteiger partial charge in [-0.2, -0.15) is 0 Å². The number of carbonyl (C=O) groups is 1. The molecule has 19 heavy (non-hydrogen) atoms. The maximum absolute atomic E-state index is 13.1. The predicted octanol–water partition coefficient (Wildman–Crippen LogP) is 0.786. The van der Waals surface area contributed by atoms with Gasteiger partial charge in [-0.3, -0.25) is 4.79 Å². The van der Waals surface area contributed by atoms with Crippen LogP contribution in [-0.4, -0.2) is 28.1 Å². The number of nitrogens with zero attached hydrogens (tertiary/aromatic N) is 1. The lowest BCUT2D eigenvalue weighted by Crippen LogP contribution is -2.46. The van der Waals surface area contributed by atoms with Crippen molar-refractivity contribution in [2.45, 2.75) is 18.9 Å². The summed E-state index contributed by atoms with van der Waals surface area (Å²) >= 11 is 0. The van der Waals surface area contributed by atoms with E-state index in [0.29, 0.717) is 0 Å². The highest BCUT2D eigenvalue weighted by molar-refractivity contribution is 6.00. The number of hydrogen-bond donors (Lipinski definition) is 4. The number of amidine groups is 1. The summed E-state index contributed by atoms with van der Waals surface area (Å²) in [6.07, 6.45) is 1.71. The predicted molar refractivity (Wildman–Crippen MR) is 65.5 cm³/mol. The molecule has 0 aromatic heterocycles. The van der Waals surface area contributed by atoms with Crippen LogP contribution in [-0.2, 0) is 0 Å². The molecule has 102 valence electrons. The van der Waals surface area contributed by atoms with Crippen LogP contribution in [0.2, 0.25) is 0 Å². The highest BCUT2D eigenvalue weighted by Crippen LogP contribution is 2.33. The first kappa shape index (κ1) is 13.1. The molecule has 1 atom stereocenters. The molecule has 0 heterocycles. The zero-order valence-electron chi connectivity index (χ0n) is 10.0. The molecule has 0 spiro atoms. The van der Waals surface area contributed by atoms with Crippen LogP contribution in [0.25, 0.3) is 0 Å². The Labute approximate surface area is 108 Å². The maximum atomic E-state index is 13.1. The van der Waals surface area contributed by atoms with Gasteiger partial charge in [-0.05, 0) is 37.0 Å². The average molecular weight is 267 g/mol. The van der Waals surface area contributed by atoms with E-state index in [9.17, 15) is 14.3 Å². The Bertz CT molecular complexity index is 529. The van der Waals surface area contributed by atoms with E-state index in [2.05, 4.69) is 10.5 Å². The summed E-state index contributed by atoms with van der Waals surface area (Å²) in [5, 5.41) is 23.6. The molecule has 1 saturated carbocycles. The molecule has 1 aromatic carbocycles. The van der Waals surface area contributed by atoms with Crippen molar-refractivity contribution in [2.75, 3.05) is 0 Å². The fourth-order valence-corrected chi connectivity index (χ4v) is 1.83. The average Bonchev–Trinajstić information content (AvgIpc) is 3.22. The second-order valence-corrected chi connectivity index (χ2v) is 4.47. The quantitative estimate of drug-likeness (QED) is 0.280. The monoisotopic (exact) mass is 267 g/mol. The van der Waals surface area contributed by atoms with Crippen molar-refractivity contribution in [3.8, 4) is 5.75 Å². The SMILES string of the molecule is N/C(=N/O)C(NC(=O)c1cc(F)ccc1O)C1CC1. The lowest BCUT2D eigenvalue weighted by molar-refractivity contribution is 0.0939. The number of nitrogens with two attached hydrogens (primary N) is 1. The summed E-state index contributed by atoms with van der Waals surface area (Å²) in [6, 6.07) is 2.47. The van der Waals surface area contributed by atoms with E-state index in [0.717, 1.165) is 31.0 Å². The number of carbonyl (C=O) groups excluding carboxylic acids is 1. The number of rotatable bonds is 4. The maximum Gasteiger partial charge on any atom is 0.255 e. The number of nitrogens with one attached hydrogen (secondary N) is 1. The Morgan fingerprint density at radius 2 is 2.21 bits per heavy atom. The molecule has 1 aliphatic carbocycles. The number of benzene rings is 1. The molecule has 1 aliphatic rings. The van der Waals surface area contributed by atoms with Gasteiger partial charge in [-0.25, -0.2) is 4.39 Å². The van der Waals surface area contributed by atoms with Gasteiger partial charge < -0.3 is 21.4 Å². The Hall–Kier alpha value is -2.31. The van der Waals surface area contributed by atoms with E-state index < -0.39 is 17.8 Å². The lowest BCUT2D eigenvalue weighted by atomic mass is 10.1. The van der Waals surface area contributed by atoms with Crippen molar-refractivity contribution < 1.29 is 19.5 Å². The molecule has 7 heteroatoms. The lowest BCUT2D eigenvalue weighted by Gasteiger charge is -2.17. The molecular weight excluding hydrogens is 253 g/mol. The number of halogens is 1. The van der Waals surface area contributed by atoms with Crippen molar-refractivity contribution >= 4 is 11.7 Å². The van der Waals surface area contributed by atoms with Gasteiger partial charge in [0.25, 0.3) is 5.91 Å². The summed E-state index contributed by atoms with van der Waals surface area (Å²) in [7, 11) is 0. The summed E-state index contributed by atoms with van der Waals surface area (Å²) in [5.41, 5.74) is 5.32. The van der Waals surface area contributed by atoms with Crippen LogP contribution >= 0.6 is 0 Å². The normalized spacial score (nSPS) is 17.0. The Balaban J connectivity index is 2.17. The summed E-state index contributed by atoms with van der Waals surface area (Å²) in [5.74, 6) is -1.62. The molecule has 1 aromatic rings. The molecule has 0 saturated heterocycles. The zero-order valence-corrected chi connectivity index (χ0v) is 10.0. The molecule has 1 amide bonds. The van der Waals surface area contributed by atoms with Crippen LogP contribution in [0.3, 0.4) is 0 Å². The summed E-state index contributed by atoms with van der Waals surface area (Å²) < 4.78 is 13.1. The number of amides is 1. The van der Waals surface area contributed by atoms with E-state index >= 15 is 0 Å². The van der Waals surface area contributed by atoms with Gasteiger partial charge in [-0.15, -0.1) is 0 Å². The van der Waals surface area contributed by atoms with Crippen LogP contribution < -0.4 is 11.1 Å². The third kappa shape index (κ3) is 2.93. The highest BCUT2D eigenvalue weighted by Gasteiger charge is 2.35. The first-order chi connectivity index (χ1) is 9.02. The van der Waals surface area contributed by atoms with E-state index in [1.54, 1.807) is 0 Å². The van der Waals surface area contributed by atoms with E-state index in [1.165, 1.54) is 0 Å². The van der Waals surface area contributed by atoms with Crippen LogP contribution in [0.15, 0.2) is 23.4 Å². The second-order valence-electron chi connectivity index (χ2n) is 4.47. The third-order valence-corrected chi connectivity index (χ3v) is 3.02. The van der Waals surface area contributed by atoms with Crippen molar-refractivity contribution in [1.82, 2.24) is 5.32 Å². The molecule has 1 unspecified atom stereocenters. The number of aromatic hydroxyl groups is 1. The third-order valence-electron chi connectivity index (χ3n) is 3.02. The van der Waals surface area contributed by atoms with Crippen LogP contribution in [0.5, 0.6) is 5.75 Å². The standard InChI is InChI=1S/C12H14FN3O3/c13-7-3-4-9(17)8(5-7)12(18)15-10(6-1-2-6)11(14)16-19/h3-6,10,17,19H,1-2H2,(H2,14,16)(H,15,18). The summed E-state index contributed by atoms with van der Waals surface area (Å²) in [4.78, 5) is 12.0. The van der Waals surface area contributed by atoms with Gasteiger partial charge in [0.05, 0.1) is 11.6 Å². The minimum Gasteiger partial charge on any atom is -0.507 e. The number of hydrogen-bond acceptors (Lipinski definition) is 4. The Morgan fingerprint density at radius 3 is 2.79 bits per heavy atom. The largest absolute Gasteiger partial charge is 0.507 e. The van der Waals surface area contributed by atoms with E-state index in [1.807, 2.05) is 0 Å². The van der Waals surface area contributed by atoms with Gasteiger partial charge in [0, 0.05) is 0 Å². The Morgan fingerprint density at radius 1 is 1.53 bits per heavy atom.